The van der Waals surface area contributed by atoms with Gasteiger partial charge in [-0.25, -0.2) is 0 Å². The van der Waals surface area contributed by atoms with Crippen LogP contribution in [0.25, 0.3) is 17.8 Å². The second kappa shape index (κ2) is 5.46. The fourth-order valence-electron chi connectivity index (χ4n) is 1.97. The standard InChI is InChI=1S/C15H9ClF3N3/c16-12-8-11(15(17,18)19)9-22-13(20-21-14(12)22)7-6-10-4-2-1-3-5-10/h1-9H. The van der Waals surface area contributed by atoms with Crippen LogP contribution in [0.1, 0.15) is 17.0 Å². The summed E-state index contributed by atoms with van der Waals surface area (Å²) < 4.78 is 39.8. The monoisotopic (exact) mass is 323 g/mol. The van der Waals surface area contributed by atoms with Crippen LogP contribution in [0.15, 0.2) is 42.6 Å². The number of hydrogen-bond donors (Lipinski definition) is 0. The maximum absolute atomic E-state index is 12.9. The van der Waals surface area contributed by atoms with Crippen molar-refractivity contribution in [2.24, 2.45) is 0 Å². The van der Waals surface area contributed by atoms with E-state index in [1.165, 1.54) is 4.40 Å². The number of pyridine rings is 1. The summed E-state index contributed by atoms with van der Waals surface area (Å²) in [4.78, 5) is 0. The molecule has 22 heavy (non-hydrogen) atoms. The van der Waals surface area contributed by atoms with E-state index in [0.717, 1.165) is 17.8 Å². The second-order valence-corrected chi connectivity index (χ2v) is 4.98. The smallest absolute Gasteiger partial charge is 0.281 e. The Hall–Kier alpha value is -2.34. The minimum Gasteiger partial charge on any atom is -0.281 e. The highest BCUT2D eigenvalue weighted by Crippen LogP contribution is 2.32. The number of rotatable bonds is 2. The summed E-state index contributed by atoms with van der Waals surface area (Å²) in [6.45, 7) is 0. The molecule has 112 valence electrons. The fraction of sp³-hybridized carbons (Fsp3) is 0.0667. The molecule has 0 fully saturated rings. The van der Waals surface area contributed by atoms with Gasteiger partial charge in [-0.15, -0.1) is 10.2 Å². The Morgan fingerprint density at radius 3 is 2.45 bits per heavy atom. The molecular weight excluding hydrogens is 315 g/mol. The van der Waals surface area contributed by atoms with Crippen molar-refractivity contribution in [1.82, 2.24) is 14.6 Å². The second-order valence-electron chi connectivity index (χ2n) is 4.57. The highest BCUT2D eigenvalue weighted by molar-refractivity contribution is 6.33. The molecule has 0 saturated heterocycles. The fourth-order valence-corrected chi connectivity index (χ4v) is 2.22. The van der Waals surface area contributed by atoms with E-state index in [4.69, 9.17) is 11.6 Å². The average molecular weight is 324 g/mol. The normalized spacial score (nSPS) is 12.4. The van der Waals surface area contributed by atoms with Crippen molar-refractivity contribution in [3.63, 3.8) is 0 Å². The van der Waals surface area contributed by atoms with Crippen LogP contribution in [0.3, 0.4) is 0 Å². The lowest BCUT2D eigenvalue weighted by atomic mass is 10.2. The van der Waals surface area contributed by atoms with E-state index in [2.05, 4.69) is 10.2 Å². The van der Waals surface area contributed by atoms with Gasteiger partial charge in [0.05, 0.1) is 10.6 Å². The molecule has 0 unspecified atom stereocenters. The quantitative estimate of drug-likeness (QED) is 0.691. The van der Waals surface area contributed by atoms with Gasteiger partial charge in [-0.3, -0.25) is 4.40 Å². The number of fused-ring (bicyclic) bond motifs is 1. The summed E-state index contributed by atoms with van der Waals surface area (Å²) in [5, 5.41) is 7.59. The molecule has 0 bridgehead atoms. The van der Waals surface area contributed by atoms with Gasteiger partial charge < -0.3 is 0 Å². The first-order chi connectivity index (χ1) is 10.4. The van der Waals surface area contributed by atoms with Crippen molar-refractivity contribution in [2.45, 2.75) is 6.18 Å². The third kappa shape index (κ3) is 2.82. The van der Waals surface area contributed by atoms with E-state index in [1.807, 2.05) is 30.3 Å². The number of alkyl halides is 3. The topological polar surface area (TPSA) is 30.2 Å². The van der Waals surface area contributed by atoms with E-state index in [0.29, 0.717) is 0 Å². The Morgan fingerprint density at radius 2 is 1.77 bits per heavy atom. The Labute approximate surface area is 128 Å². The summed E-state index contributed by atoms with van der Waals surface area (Å²) in [6, 6.07) is 10.2. The van der Waals surface area contributed by atoms with Gasteiger partial charge in [-0.1, -0.05) is 48.0 Å². The molecule has 0 amide bonds. The first-order valence-corrected chi connectivity index (χ1v) is 6.67. The molecule has 3 nitrogen and oxygen atoms in total. The number of halogens is 4. The lowest BCUT2D eigenvalue weighted by Gasteiger charge is -2.08. The third-order valence-electron chi connectivity index (χ3n) is 3.04. The van der Waals surface area contributed by atoms with Crippen molar-refractivity contribution in [3.05, 3.63) is 64.6 Å². The van der Waals surface area contributed by atoms with Crippen LogP contribution in [-0.2, 0) is 6.18 Å². The van der Waals surface area contributed by atoms with Crippen LogP contribution in [0.4, 0.5) is 13.2 Å². The maximum Gasteiger partial charge on any atom is 0.417 e. The number of nitrogens with zero attached hydrogens (tertiary/aromatic N) is 3. The third-order valence-corrected chi connectivity index (χ3v) is 3.32. The van der Waals surface area contributed by atoms with Gasteiger partial charge in [0, 0.05) is 6.20 Å². The zero-order valence-electron chi connectivity index (χ0n) is 11.0. The molecule has 3 rings (SSSR count). The predicted octanol–water partition coefficient (Wildman–Crippen LogP) is 4.57. The lowest BCUT2D eigenvalue weighted by molar-refractivity contribution is -0.137. The zero-order chi connectivity index (χ0) is 15.7. The molecule has 0 atom stereocenters. The van der Waals surface area contributed by atoms with Crippen LogP contribution in [0.2, 0.25) is 5.02 Å². The maximum atomic E-state index is 12.9. The van der Waals surface area contributed by atoms with E-state index < -0.39 is 11.7 Å². The van der Waals surface area contributed by atoms with Crippen molar-refractivity contribution >= 4 is 29.4 Å². The molecule has 2 heterocycles. The molecule has 2 aromatic heterocycles. The van der Waals surface area contributed by atoms with Gasteiger partial charge in [-0.05, 0) is 17.7 Å². The molecule has 0 spiro atoms. The van der Waals surface area contributed by atoms with Crippen LogP contribution < -0.4 is 0 Å². The predicted molar refractivity (Wildman–Crippen MR) is 78.4 cm³/mol. The highest BCUT2D eigenvalue weighted by Gasteiger charge is 2.32. The largest absolute Gasteiger partial charge is 0.417 e. The van der Waals surface area contributed by atoms with Gasteiger partial charge in [0.2, 0.25) is 0 Å². The molecule has 0 saturated carbocycles. The summed E-state index contributed by atoms with van der Waals surface area (Å²) in [5.41, 5.74) is 0.235. The molecule has 0 aliphatic carbocycles. The van der Waals surface area contributed by atoms with E-state index in [9.17, 15) is 13.2 Å². The molecule has 0 N–H and O–H groups in total. The van der Waals surface area contributed by atoms with Gasteiger partial charge in [-0.2, -0.15) is 13.2 Å². The Morgan fingerprint density at radius 1 is 1.05 bits per heavy atom. The first-order valence-electron chi connectivity index (χ1n) is 6.30. The highest BCUT2D eigenvalue weighted by atomic mass is 35.5. The number of aromatic nitrogens is 3. The van der Waals surface area contributed by atoms with Crippen molar-refractivity contribution in [3.8, 4) is 0 Å². The summed E-state index contributed by atoms with van der Waals surface area (Å²) in [6.07, 6.45) is -0.217. The van der Waals surface area contributed by atoms with Gasteiger partial charge in [0.1, 0.15) is 0 Å². The SMILES string of the molecule is FC(F)(F)c1cc(Cl)c2nnc(C=Cc3ccccc3)n2c1. The molecule has 0 aliphatic heterocycles. The van der Waals surface area contributed by atoms with Crippen LogP contribution in [0.5, 0.6) is 0 Å². The van der Waals surface area contributed by atoms with Crippen molar-refractivity contribution in [1.29, 1.82) is 0 Å². The Bertz CT molecular complexity index is 838. The zero-order valence-corrected chi connectivity index (χ0v) is 11.8. The van der Waals surface area contributed by atoms with Gasteiger partial charge in [0.15, 0.2) is 11.5 Å². The number of hydrogen-bond acceptors (Lipinski definition) is 2. The summed E-state index contributed by atoms with van der Waals surface area (Å²) in [5.74, 6) is 0.270. The first kappa shape index (κ1) is 14.6. The Balaban J connectivity index is 2.07. The summed E-state index contributed by atoms with van der Waals surface area (Å²) in [7, 11) is 0. The van der Waals surface area contributed by atoms with Crippen LogP contribution >= 0.6 is 11.6 Å². The van der Waals surface area contributed by atoms with Crippen LogP contribution in [0, 0.1) is 0 Å². The van der Waals surface area contributed by atoms with Gasteiger partial charge in [0.25, 0.3) is 0 Å². The molecule has 0 radical (unpaired) electrons. The Kier molecular flexibility index (Phi) is 3.62. The van der Waals surface area contributed by atoms with E-state index in [1.54, 1.807) is 12.2 Å². The van der Waals surface area contributed by atoms with Crippen LogP contribution in [-0.4, -0.2) is 14.6 Å². The number of benzene rings is 1. The molecular formula is C15H9ClF3N3. The molecule has 7 heteroatoms. The molecule has 1 aromatic carbocycles. The minimum atomic E-state index is -4.48. The summed E-state index contributed by atoms with van der Waals surface area (Å²) >= 11 is 5.85. The molecule has 3 aromatic rings. The van der Waals surface area contributed by atoms with Gasteiger partial charge >= 0.3 is 6.18 Å². The lowest BCUT2D eigenvalue weighted by Crippen LogP contribution is -2.07. The molecule has 0 aliphatic rings. The minimum absolute atomic E-state index is 0.0957. The van der Waals surface area contributed by atoms with E-state index >= 15 is 0 Å². The van der Waals surface area contributed by atoms with Crippen molar-refractivity contribution in [2.75, 3.05) is 0 Å². The van der Waals surface area contributed by atoms with E-state index in [-0.39, 0.29) is 16.5 Å². The van der Waals surface area contributed by atoms with Crippen molar-refractivity contribution < 1.29 is 13.2 Å². The average Bonchev–Trinajstić information content (AvgIpc) is 2.89.